The zero-order valence-corrected chi connectivity index (χ0v) is 17.2. The number of hydrogen-bond donors (Lipinski definition) is 1. The molecule has 0 radical (unpaired) electrons. The summed E-state index contributed by atoms with van der Waals surface area (Å²) in [6.45, 7) is 0. The predicted molar refractivity (Wildman–Crippen MR) is 120 cm³/mol. The van der Waals surface area contributed by atoms with Gasteiger partial charge in [0, 0.05) is 12.1 Å². The Bertz CT molecular complexity index is 949. The number of benzene rings is 3. The van der Waals surface area contributed by atoms with Gasteiger partial charge in [0.05, 0.1) is 11.5 Å². The summed E-state index contributed by atoms with van der Waals surface area (Å²) >= 11 is 0. The van der Waals surface area contributed by atoms with Gasteiger partial charge < -0.3 is 5.73 Å². The van der Waals surface area contributed by atoms with Crippen molar-refractivity contribution in [3.63, 3.8) is 0 Å². The van der Waals surface area contributed by atoms with Crippen LogP contribution >= 0.6 is 0 Å². The minimum atomic E-state index is -0.568. The van der Waals surface area contributed by atoms with Gasteiger partial charge in [0.1, 0.15) is 0 Å². The lowest BCUT2D eigenvalue weighted by atomic mass is 9.68. The summed E-state index contributed by atoms with van der Waals surface area (Å²) in [7, 11) is 0. The van der Waals surface area contributed by atoms with Crippen LogP contribution in [0.1, 0.15) is 48.4 Å². The fourth-order valence-corrected chi connectivity index (χ4v) is 5.85. The highest BCUT2D eigenvalue weighted by Crippen LogP contribution is 2.51. The fourth-order valence-electron chi connectivity index (χ4n) is 5.85. The first kappa shape index (κ1) is 19.1. The van der Waals surface area contributed by atoms with Gasteiger partial charge in [0.15, 0.2) is 0 Å². The van der Waals surface area contributed by atoms with Crippen molar-refractivity contribution in [2.45, 2.75) is 49.2 Å². The van der Waals surface area contributed by atoms with Crippen LogP contribution in [0.25, 0.3) is 0 Å². The summed E-state index contributed by atoms with van der Waals surface area (Å²) in [6.07, 6.45) is 3.81. The molecule has 30 heavy (non-hydrogen) atoms. The van der Waals surface area contributed by atoms with Gasteiger partial charge in [-0.2, -0.15) is 0 Å². The molecular formula is C27H28N2O. The van der Waals surface area contributed by atoms with Gasteiger partial charge in [-0.05, 0) is 42.4 Å². The van der Waals surface area contributed by atoms with Crippen LogP contribution in [0.4, 0.5) is 0 Å². The lowest BCUT2D eigenvalue weighted by Crippen LogP contribution is -2.55. The number of hydrogen-bond acceptors (Lipinski definition) is 2. The highest BCUT2D eigenvalue weighted by molar-refractivity contribution is 5.87. The largest absolute Gasteiger partial charge is 0.369 e. The van der Waals surface area contributed by atoms with E-state index in [1.54, 1.807) is 0 Å². The van der Waals surface area contributed by atoms with Gasteiger partial charge in [0.25, 0.3) is 0 Å². The van der Waals surface area contributed by atoms with Crippen LogP contribution in [0, 0.1) is 0 Å². The molecule has 2 fully saturated rings. The van der Waals surface area contributed by atoms with E-state index < -0.39 is 5.41 Å². The Kier molecular flexibility index (Phi) is 4.92. The number of carbonyl (C=O) groups excluding carboxylic acids is 1. The number of amides is 1. The molecule has 3 atom stereocenters. The number of primary amides is 1. The summed E-state index contributed by atoms with van der Waals surface area (Å²) in [4.78, 5) is 15.5. The molecule has 3 heteroatoms. The summed E-state index contributed by atoms with van der Waals surface area (Å²) in [5.41, 5.74) is 9.20. The van der Waals surface area contributed by atoms with E-state index in [4.69, 9.17) is 5.73 Å². The Labute approximate surface area is 178 Å². The summed E-state index contributed by atoms with van der Waals surface area (Å²) in [6, 6.07) is 32.6. The van der Waals surface area contributed by atoms with Crippen LogP contribution in [0.2, 0.25) is 0 Å². The summed E-state index contributed by atoms with van der Waals surface area (Å²) < 4.78 is 0. The molecule has 0 aromatic heterocycles. The molecule has 2 bridgehead atoms. The van der Waals surface area contributed by atoms with Crippen LogP contribution in [0.5, 0.6) is 0 Å². The summed E-state index contributed by atoms with van der Waals surface area (Å²) in [5.74, 6) is -0.179. The molecule has 3 aromatic rings. The third kappa shape index (κ3) is 3.14. The molecule has 1 amide bonds. The lowest BCUT2D eigenvalue weighted by Gasteiger charge is -2.48. The highest BCUT2D eigenvalue weighted by Gasteiger charge is 2.54. The summed E-state index contributed by atoms with van der Waals surface area (Å²) in [5, 5.41) is 0. The molecular weight excluding hydrogens is 368 g/mol. The van der Waals surface area contributed by atoms with Crippen molar-refractivity contribution < 1.29 is 4.79 Å². The molecule has 2 saturated heterocycles. The van der Waals surface area contributed by atoms with Crippen molar-refractivity contribution >= 4 is 5.91 Å². The van der Waals surface area contributed by atoms with E-state index in [0.717, 1.165) is 31.2 Å². The molecule has 152 valence electrons. The number of nitrogens with two attached hydrogens (primary N) is 1. The maximum Gasteiger partial charge on any atom is 0.228 e. The monoisotopic (exact) mass is 396 g/mol. The van der Waals surface area contributed by atoms with Gasteiger partial charge >= 0.3 is 0 Å². The van der Waals surface area contributed by atoms with Crippen molar-refractivity contribution in [3.8, 4) is 0 Å². The van der Waals surface area contributed by atoms with Crippen LogP contribution in [0.15, 0.2) is 91.0 Å². The Morgan fingerprint density at radius 1 is 0.767 bits per heavy atom. The molecule has 3 nitrogen and oxygen atoms in total. The van der Waals surface area contributed by atoms with E-state index in [9.17, 15) is 4.79 Å². The molecule has 2 heterocycles. The van der Waals surface area contributed by atoms with E-state index >= 15 is 0 Å². The number of piperidine rings is 1. The van der Waals surface area contributed by atoms with Crippen molar-refractivity contribution in [1.29, 1.82) is 0 Å². The lowest BCUT2D eigenvalue weighted by molar-refractivity contribution is -0.127. The maximum atomic E-state index is 12.8. The van der Waals surface area contributed by atoms with E-state index in [1.165, 1.54) is 11.1 Å². The smallest absolute Gasteiger partial charge is 0.228 e. The molecule has 5 rings (SSSR count). The first-order chi connectivity index (χ1) is 14.7. The van der Waals surface area contributed by atoms with Crippen molar-refractivity contribution in [1.82, 2.24) is 4.90 Å². The van der Waals surface area contributed by atoms with Crippen LogP contribution in [-0.2, 0) is 10.2 Å². The second-order valence-electron chi connectivity index (χ2n) is 8.78. The van der Waals surface area contributed by atoms with E-state index in [2.05, 4.69) is 77.7 Å². The van der Waals surface area contributed by atoms with Crippen molar-refractivity contribution in [2.75, 3.05) is 0 Å². The van der Waals surface area contributed by atoms with Crippen LogP contribution < -0.4 is 5.73 Å². The van der Waals surface area contributed by atoms with Crippen LogP contribution in [0.3, 0.4) is 0 Å². The second kappa shape index (κ2) is 7.73. The highest BCUT2D eigenvalue weighted by atomic mass is 16.1. The zero-order chi connectivity index (χ0) is 20.6. The normalized spacial score (nSPS) is 26.0. The topological polar surface area (TPSA) is 46.3 Å². The minimum Gasteiger partial charge on any atom is -0.369 e. The predicted octanol–water partition coefficient (Wildman–Crippen LogP) is 4.83. The molecule has 0 aliphatic carbocycles. The molecule has 2 N–H and O–H groups in total. The number of nitrogens with zero attached hydrogens (tertiary/aromatic N) is 1. The molecule has 3 aromatic carbocycles. The Morgan fingerprint density at radius 2 is 1.20 bits per heavy atom. The van der Waals surface area contributed by atoms with Crippen molar-refractivity contribution in [3.05, 3.63) is 108 Å². The second-order valence-corrected chi connectivity index (χ2v) is 8.78. The third-order valence-electron chi connectivity index (χ3n) is 7.17. The molecule has 2 aliphatic heterocycles. The first-order valence-corrected chi connectivity index (χ1v) is 10.9. The first-order valence-electron chi connectivity index (χ1n) is 10.9. The number of fused-ring (bicyclic) bond motifs is 2. The zero-order valence-electron chi connectivity index (χ0n) is 17.2. The van der Waals surface area contributed by atoms with E-state index in [1.807, 2.05) is 18.2 Å². The number of carbonyl (C=O) groups is 1. The van der Waals surface area contributed by atoms with Gasteiger partial charge in [-0.25, -0.2) is 0 Å². The quantitative estimate of drug-likeness (QED) is 0.672. The standard InChI is InChI=1S/C27H28N2O/c28-26(30)27(22-14-8-3-9-15-22)18-23-16-17-24(19-27)29(23)25(20-10-4-1-5-11-20)21-12-6-2-7-13-21/h1-15,23-25H,16-19H2,(H2,28,30)/t23-,24+,27?. The van der Waals surface area contributed by atoms with Gasteiger partial charge in [-0.3, -0.25) is 9.69 Å². The van der Waals surface area contributed by atoms with Gasteiger partial charge in [-0.1, -0.05) is 91.0 Å². The Morgan fingerprint density at radius 3 is 1.63 bits per heavy atom. The minimum absolute atomic E-state index is 0.179. The average molecular weight is 397 g/mol. The number of rotatable bonds is 5. The molecule has 0 saturated carbocycles. The fraction of sp³-hybridized carbons (Fsp3) is 0.296. The molecule has 2 aliphatic rings. The Balaban J connectivity index is 1.56. The van der Waals surface area contributed by atoms with Crippen molar-refractivity contribution in [2.24, 2.45) is 5.73 Å². The SMILES string of the molecule is NC(=O)C1(c2ccccc2)C[C@H]2CC[C@@H](C1)N2C(c1ccccc1)c1ccccc1. The Hall–Kier alpha value is -2.91. The van der Waals surface area contributed by atoms with Gasteiger partial charge in [-0.15, -0.1) is 0 Å². The van der Waals surface area contributed by atoms with E-state index in [-0.39, 0.29) is 11.9 Å². The average Bonchev–Trinajstić information content (AvgIpc) is 3.05. The van der Waals surface area contributed by atoms with Crippen LogP contribution in [-0.4, -0.2) is 22.9 Å². The maximum absolute atomic E-state index is 12.8. The molecule has 0 spiro atoms. The van der Waals surface area contributed by atoms with E-state index in [0.29, 0.717) is 12.1 Å². The molecule has 1 unspecified atom stereocenters. The van der Waals surface area contributed by atoms with Gasteiger partial charge in [0.2, 0.25) is 5.91 Å². The third-order valence-corrected chi connectivity index (χ3v) is 7.17.